The summed E-state index contributed by atoms with van der Waals surface area (Å²) in [6.07, 6.45) is 1.74. The van der Waals surface area contributed by atoms with Crippen molar-refractivity contribution >= 4 is 5.91 Å². The molecule has 0 fully saturated rings. The molecule has 1 amide bonds. The van der Waals surface area contributed by atoms with Crippen LogP contribution in [0.5, 0.6) is 0 Å². The van der Waals surface area contributed by atoms with Gasteiger partial charge in [0.25, 0.3) is 0 Å². The van der Waals surface area contributed by atoms with Crippen molar-refractivity contribution in [2.45, 2.75) is 20.4 Å². The first-order valence-electron chi connectivity index (χ1n) is 5.48. The Labute approximate surface area is 96.5 Å². The fraction of sp³-hybridized carbons (Fsp3) is 0.500. The Balaban J connectivity index is 2.46. The molecule has 0 aliphatic heterocycles. The van der Waals surface area contributed by atoms with E-state index in [0.29, 0.717) is 13.1 Å². The highest BCUT2D eigenvalue weighted by molar-refractivity contribution is 5.78. The van der Waals surface area contributed by atoms with Gasteiger partial charge in [0.1, 0.15) is 0 Å². The summed E-state index contributed by atoms with van der Waals surface area (Å²) in [7, 11) is 1.84. The van der Waals surface area contributed by atoms with E-state index in [0.717, 1.165) is 11.3 Å². The second-order valence-corrected chi connectivity index (χ2v) is 3.94. The number of rotatable bonds is 5. The molecule has 0 saturated carbocycles. The Morgan fingerprint density at radius 3 is 2.94 bits per heavy atom. The number of hydrogen-bond donors (Lipinski definition) is 2. The fourth-order valence-electron chi connectivity index (χ4n) is 1.45. The van der Waals surface area contributed by atoms with Crippen LogP contribution in [-0.4, -0.2) is 24.5 Å². The van der Waals surface area contributed by atoms with Gasteiger partial charge >= 0.3 is 0 Å². The monoisotopic (exact) mass is 221 g/mol. The minimum Gasteiger partial charge on any atom is -0.350 e. The molecule has 0 aliphatic rings. The van der Waals surface area contributed by atoms with Crippen LogP contribution in [0.4, 0.5) is 0 Å². The van der Waals surface area contributed by atoms with E-state index in [1.807, 2.05) is 33.0 Å². The highest BCUT2D eigenvalue weighted by Gasteiger charge is 2.11. The van der Waals surface area contributed by atoms with Gasteiger partial charge in [-0.3, -0.25) is 9.78 Å². The quantitative estimate of drug-likeness (QED) is 0.775. The van der Waals surface area contributed by atoms with Crippen LogP contribution in [0.3, 0.4) is 0 Å². The summed E-state index contributed by atoms with van der Waals surface area (Å²) in [5.41, 5.74) is 2.02. The molecule has 0 bridgehead atoms. The maximum absolute atomic E-state index is 11.6. The fourth-order valence-corrected chi connectivity index (χ4v) is 1.45. The minimum absolute atomic E-state index is 0.0194. The Hall–Kier alpha value is -1.42. The van der Waals surface area contributed by atoms with E-state index >= 15 is 0 Å². The van der Waals surface area contributed by atoms with Gasteiger partial charge in [0.2, 0.25) is 5.91 Å². The third-order valence-corrected chi connectivity index (χ3v) is 2.51. The molecular weight excluding hydrogens is 202 g/mol. The van der Waals surface area contributed by atoms with E-state index in [-0.39, 0.29) is 11.8 Å². The Kier molecular flexibility index (Phi) is 4.92. The molecule has 1 heterocycles. The first-order chi connectivity index (χ1) is 7.65. The van der Waals surface area contributed by atoms with Crippen LogP contribution in [0.2, 0.25) is 0 Å². The molecule has 1 rings (SSSR count). The van der Waals surface area contributed by atoms with E-state index in [9.17, 15) is 4.79 Å². The lowest BCUT2D eigenvalue weighted by Crippen LogP contribution is -2.34. The van der Waals surface area contributed by atoms with Crippen molar-refractivity contribution in [2.24, 2.45) is 5.92 Å². The van der Waals surface area contributed by atoms with Crippen LogP contribution in [-0.2, 0) is 11.3 Å². The third-order valence-electron chi connectivity index (χ3n) is 2.51. The molecule has 2 N–H and O–H groups in total. The smallest absolute Gasteiger partial charge is 0.224 e. The van der Waals surface area contributed by atoms with Gasteiger partial charge in [-0.2, -0.15) is 0 Å². The summed E-state index contributed by atoms with van der Waals surface area (Å²) >= 11 is 0. The summed E-state index contributed by atoms with van der Waals surface area (Å²) < 4.78 is 0. The number of aryl methyl sites for hydroxylation is 1. The van der Waals surface area contributed by atoms with Crippen LogP contribution >= 0.6 is 0 Å². The van der Waals surface area contributed by atoms with Gasteiger partial charge in [-0.15, -0.1) is 0 Å². The predicted molar refractivity (Wildman–Crippen MR) is 63.9 cm³/mol. The van der Waals surface area contributed by atoms with Gasteiger partial charge < -0.3 is 10.6 Å². The second-order valence-electron chi connectivity index (χ2n) is 3.94. The zero-order chi connectivity index (χ0) is 12.0. The second kappa shape index (κ2) is 6.23. The third kappa shape index (κ3) is 3.62. The van der Waals surface area contributed by atoms with Crippen molar-refractivity contribution in [1.82, 2.24) is 15.6 Å². The maximum atomic E-state index is 11.6. The lowest BCUT2D eigenvalue weighted by atomic mass is 10.1. The molecule has 4 heteroatoms. The zero-order valence-corrected chi connectivity index (χ0v) is 10.1. The van der Waals surface area contributed by atoms with Gasteiger partial charge in [0.15, 0.2) is 0 Å². The normalized spacial score (nSPS) is 12.2. The Morgan fingerprint density at radius 2 is 2.31 bits per heavy atom. The Morgan fingerprint density at radius 1 is 1.56 bits per heavy atom. The number of hydrogen-bond acceptors (Lipinski definition) is 3. The lowest BCUT2D eigenvalue weighted by molar-refractivity contribution is -0.124. The van der Waals surface area contributed by atoms with Crippen molar-refractivity contribution in [3.8, 4) is 0 Å². The van der Waals surface area contributed by atoms with E-state index < -0.39 is 0 Å². The number of nitrogens with zero attached hydrogens (tertiary/aromatic N) is 1. The van der Waals surface area contributed by atoms with E-state index in [1.54, 1.807) is 6.20 Å². The van der Waals surface area contributed by atoms with Crippen LogP contribution in [0, 0.1) is 12.8 Å². The number of aromatic nitrogens is 1. The summed E-state index contributed by atoms with van der Waals surface area (Å²) in [5.74, 6) is 0.0356. The molecule has 0 saturated heterocycles. The molecule has 4 nitrogen and oxygen atoms in total. The van der Waals surface area contributed by atoms with Crippen LogP contribution in [0.15, 0.2) is 18.3 Å². The molecule has 16 heavy (non-hydrogen) atoms. The summed E-state index contributed by atoms with van der Waals surface area (Å²) in [6.45, 7) is 5.08. The number of carbonyl (C=O) groups is 1. The number of pyridine rings is 1. The highest BCUT2D eigenvalue weighted by atomic mass is 16.1. The van der Waals surface area contributed by atoms with Crippen molar-refractivity contribution in [3.05, 3.63) is 29.6 Å². The molecule has 0 radical (unpaired) electrons. The molecule has 88 valence electrons. The average molecular weight is 221 g/mol. The standard InChI is InChI=1S/C12H19N3O/c1-9-5-4-6-14-11(9)8-15-12(16)10(2)7-13-3/h4-6,10,13H,7-8H2,1-3H3,(H,15,16). The van der Waals surface area contributed by atoms with Gasteiger partial charge in [0.05, 0.1) is 12.2 Å². The minimum atomic E-state index is -0.0194. The van der Waals surface area contributed by atoms with E-state index in [2.05, 4.69) is 15.6 Å². The van der Waals surface area contributed by atoms with E-state index in [1.165, 1.54) is 0 Å². The Bertz CT molecular complexity index is 352. The van der Waals surface area contributed by atoms with Gasteiger partial charge in [0, 0.05) is 18.7 Å². The first kappa shape index (κ1) is 12.6. The van der Waals surface area contributed by atoms with Crippen molar-refractivity contribution in [3.63, 3.8) is 0 Å². The molecular formula is C12H19N3O. The largest absolute Gasteiger partial charge is 0.350 e. The number of nitrogens with one attached hydrogen (secondary N) is 2. The summed E-state index contributed by atoms with van der Waals surface area (Å²) in [4.78, 5) is 15.9. The SMILES string of the molecule is CNCC(C)C(=O)NCc1ncccc1C. The number of amides is 1. The van der Waals surface area contributed by atoms with Crippen molar-refractivity contribution in [1.29, 1.82) is 0 Å². The highest BCUT2D eigenvalue weighted by Crippen LogP contribution is 2.02. The molecule has 1 unspecified atom stereocenters. The summed E-state index contributed by atoms with van der Waals surface area (Å²) in [6, 6.07) is 3.88. The molecule has 0 spiro atoms. The first-order valence-corrected chi connectivity index (χ1v) is 5.48. The van der Waals surface area contributed by atoms with Crippen LogP contribution in [0.1, 0.15) is 18.2 Å². The number of carbonyl (C=O) groups excluding carboxylic acids is 1. The van der Waals surface area contributed by atoms with Gasteiger partial charge in [-0.25, -0.2) is 0 Å². The average Bonchev–Trinajstić information content (AvgIpc) is 2.28. The molecule has 0 aliphatic carbocycles. The molecule has 0 aromatic carbocycles. The van der Waals surface area contributed by atoms with Crippen LogP contribution < -0.4 is 10.6 Å². The predicted octanol–water partition coefficient (Wildman–Crippen LogP) is 0.862. The lowest BCUT2D eigenvalue weighted by Gasteiger charge is -2.11. The topological polar surface area (TPSA) is 54.0 Å². The van der Waals surface area contributed by atoms with E-state index in [4.69, 9.17) is 0 Å². The van der Waals surface area contributed by atoms with Gasteiger partial charge in [-0.1, -0.05) is 13.0 Å². The molecule has 1 aromatic heterocycles. The molecule has 1 aromatic rings. The van der Waals surface area contributed by atoms with Crippen molar-refractivity contribution in [2.75, 3.05) is 13.6 Å². The zero-order valence-electron chi connectivity index (χ0n) is 10.1. The maximum Gasteiger partial charge on any atom is 0.224 e. The van der Waals surface area contributed by atoms with Crippen LogP contribution in [0.25, 0.3) is 0 Å². The van der Waals surface area contributed by atoms with Crippen molar-refractivity contribution < 1.29 is 4.79 Å². The molecule has 1 atom stereocenters. The summed E-state index contributed by atoms with van der Waals surface area (Å²) in [5, 5.41) is 5.86. The van der Waals surface area contributed by atoms with Gasteiger partial charge in [-0.05, 0) is 25.6 Å².